The van der Waals surface area contributed by atoms with Gasteiger partial charge in [0.1, 0.15) is 0 Å². The molecule has 80 heavy (non-hydrogen) atoms. The lowest BCUT2D eigenvalue weighted by Gasteiger charge is -2.63. The third-order valence-corrected chi connectivity index (χ3v) is 26.9. The molecular formula is C74H128O6. The van der Waals surface area contributed by atoms with Crippen molar-refractivity contribution < 1.29 is 28.4 Å². The van der Waals surface area contributed by atoms with Crippen molar-refractivity contribution in [3.8, 4) is 0 Å². The highest BCUT2D eigenvalue weighted by Crippen LogP contribution is 2.67. The van der Waals surface area contributed by atoms with E-state index in [1.807, 2.05) is 0 Å². The summed E-state index contributed by atoms with van der Waals surface area (Å²) in [6, 6.07) is 0. The summed E-state index contributed by atoms with van der Waals surface area (Å²) in [5.74, 6) is 9.78. The van der Waals surface area contributed by atoms with Gasteiger partial charge in [0.15, 0.2) is 0 Å². The highest BCUT2D eigenvalue weighted by Gasteiger charge is 2.60. The Bertz CT molecular complexity index is 1630. The predicted octanol–water partition coefficient (Wildman–Crippen LogP) is 19.6. The normalized spacial score (nSPS) is 42.1. The van der Waals surface area contributed by atoms with Crippen molar-refractivity contribution in [1.29, 1.82) is 0 Å². The average molecular weight is 1110 g/mol. The van der Waals surface area contributed by atoms with Gasteiger partial charge in [-0.25, -0.2) is 0 Å². The van der Waals surface area contributed by atoms with Crippen LogP contribution in [0, 0.1) is 93.2 Å². The minimum absolute atomic E-state index is 0.312. The van der Waals surface area contributed by atoms with E-state index in [0.29, 0.717) is 52.9 Å². The fourth-order valence-electron chi connectivity index (χ4n) is 21.6. The van der Waals surface area contributed by atoms with Gasteiger partial charge >= 0.3 is 0 Å². The smallest absolute Gasteiger partial charge is 0.0575 e. The van der Waals surface area contributed by atoms with Gasteiger partial charge in [-0.3, -0.25) is 0 Å². The zero-order valence-electron chi connectivity index (χ0n) is 53.5. The van der Waals surface area contributed by atoms with Gasteiger partial charge in [-0.15, -0.1) is 13.2 Å². The molecule has 0 aromatic heterocycles. The second-order valence-electron chi connectivity index (χ2n) is 30.3. The zero-order chi connectivity index (χ0) is 56.1. The molecule has 0 saturated heterocycles. The van der Waals surface area contributed by atoms with Crippen molar-refractivity contribution in [3.63, 3.8) is 0 Å². The van der Waals surface area contributed by atoms with E-state index in [4.69, 9.17) is 28.4 Å². The largest absolute Gasteiger partial charge is 0.379 e. The Morgan fingerprint density at radius 3 is 0.662 bits per heavy atom. The summed E-state index contributed by atoms with van der Waals surface area (Å²) in [7, 11) is 0. The van der Waals surface area contributed by atoms with Gasteiger partial charge < -0.3 is 28.4 Å². The number of rotatable bonds is 25. The number of hydrogen-bond donors (Lipinski definition) is 0. The monoisotopic (exact) mass is 1110 g/mol. The minimum atomic E-state index is 0.312. The molecule has 9 rings (SSSR count). The minimum Gasteiger partial charge on any atom is -0.379 e. The third-order valence-electron chi connectivity index (χ3n) is 26.9. The average Bonchev–Trinajstić information content (AvgIpc) is 3.57. The van der Waals surface area contributed by atoms with Crippen LogP contribution in [0.5, 0.6) is 0 Å². The van der Waals surface area contributed by atoms with E-state index in [1.54, 1.807) is 0 Å². The molecule has 0 N–H and O–H groups in total. The van der Waals surface area contributed by atoms with Crippen LogP contribution in [0.1, 0.15) is 273 Å². The highest BCUT2D eigenvalue weighted by molar-refractivity contribution is 5.09. The second-order valence-corrected chi connectivity index (χ2v) is 30.3. The molecule has 0 amide bonds. The van der Waals surface area contributed by atoms with Gasteiger partial charge in [0.25, 0.3) is 0 Å². The molecule has 0 spiro atoms. The molecule has 9 saturated carbocycles. The molecule has 0 bridgehead atoms. The van der Waals surface area contributed by atoms with Crippen molar-refractivity contribution >= 4 is 0 Å². The standard InChI is InChI=1S/C74H128O6/c1-10-53-16-20-55(21-17-53)51-79-70-44-32-61(33-45-70)73(8,59-28-40-68(41-29-59)77-14-5)64-48-63(72(7,57-24-36-66(37-25-57)75-12-3)58-26-38-67(39-27-58)76-13-4)49-65(50-64)74(9,60-30-42-69(43-31-60)78-15-6)62-34-46-71(47-35-62)80-52-56-22-18-54(11-2)19-23-56/h10-11,53-71H,1-2,12-52H2,3-9H3. The third kappa shape index (κ3) is 15.3. The van der Waals surface area contributed by atoms with E-state index < -0.39 is 0 Å². The maximum absolute atomic E-state index is 7.03. The van der Waals surface area contributed by atoms with Crippen molar-refractivity contribution in [2.45, 2.75) is 310 Å². The zero-order valence-corrected chi connectivity index (χ0v) is 53.5. The number of allylic oxidation sites excluding steroid dienone is 2. The molecule has 0 heterocycles. The Hall–Kier alpha value is -0.760. The van der Waals surface area contributed by atoms with E-state index in [1.165, 1.54) is 225 Å². The summed E-state index contributed by atoms with van der Waals surface area (Å²) in [4.78, 5) is 0. The predicted molar refractivity (Wildman–Crippen MR) is 333 cm³/mol. The molecule has 4 unspecified atom stereocenters. The van der Waals surface area contributed by atoms with E-state index >= 15 is 0 Å². The van der Waals surface area contributed by atoms with Crippen molar-refractivity contribution in [2.75, 3.05) is 39.6 Å². The Labute approximate surface area is 494 Å². The Morgan fingerprint density at radius 2 is 0.475 bits per heavy atom. The first kappa shape index (κ1) is 63.7. The molecule has 9 aliphatic rings. The lowest BCUT2D eigenvalue weighted by Crippen LogP contribution is -2.55. The van der Waals surface area contributed by atoms with E-state index in [2.05, 4.69) is 73.8 Å². The van der Waals surface area contributed by atoms with Crippen molar-refractivity contribution in [1.82, 2.24) is 0 Å². The highest BCUT2D eigenvalue weighted by atomic mass is 16.5. The SMILES string of the molecule is C=CC1CCC(COC2CCC(C(C)(C3CCC(OCC)CC3)C3CC(C(C)(C4CCC(OCC)CC4)C4CCC(OCC)CC4)CC(C(C)(C4CCC(OCC)CC4)C4CCC(OCC5CCC(C=C)CC5)CC4)C3)CC2)CC1. The molecule has 0 aromatic carbocycles. The summed E-state index contributed by atoms with van der Waals surface area (Å²) in [6.07, 6.45) is 53.4. The second kappa shape index (κ2) is 30.7. The van der Waals surface area contributed by atoms with Crippen molar-refractivity contribution in [2.24, 2.45) is 93.2 Å². The van der Waals surface area contributed by atoms with Gasteiger partial charge in [0, 0.05) is 39.6 Å². The Kier molecular flexibility index (Phi) is 24.5. The molecule has 9 aliphatic carbocycles. The summed E-state index contributed by atoms with van der Waals surface area (Å²) in [5, 5.41) is 0. The van der Waals surface area contributed by atoms with Crippen LogP contribution in [0.25, 0.3) is 0 Å². The summed E-state index contributed by atoms with van der Waals surface area (Å²) in [5.41, 5.74) is 0.942. The summed E-state index contributed by atoms with van der Waals surface area (Å²) >= 11 is 0. The van der Waals surface area contributed by atoms with Crippen LogP contribution in [0.2, 0.25) is 0 Å². The molecule has 0 aromatic rings. The van der Waals surface area contributed by atoms with Crippen LogP contribution in [0.15, 0.2) is 25.3 Å². The molecule has 460 valence electrons. The first-order valence-electron chi connectivity index (χ1n) is 35.9. The lowest BCUT2D eigenvalue weighted by atomic mass is 9.42. The topological polar surface area (TPSA) is 55.4 Å². The first-order chi connectivity index (χ1) is 38.9. The molecule has 0 radical (unpaired) electrons. The van der Waals surface area contributed by atoms with Crippen LogP contribution >= 0.6 is 0 Å². The fourth-order valence-corrected chi connectivity index (χ4v) is 21.6. The molecule has 6 heteroatoms. The van der Waals surface area contributed by atoms with E-state index in [0.717, 1.165) is 117 Å². The lowest BCUT2D eigenvalue weighted by molar-refractivity contribution is -0.149. The van der Waals surface area contributed by atoms with E-state index in [9.17, 15) is 0 Å². The van der Waals surface area contributed by atoms with Crippen LogP contribution < -0.4 is 0 Å². The van der Waals surface area contributed by atoms with Crippen LogP contribution in [0.3, 0.4) is 0 Å². The van der Waals surface area contributed by atoms with Crippen molar-refractivity contribution in [3.05, 3.63) is 25.3 Å². The maximum atomic E-state index is 7.03. The maximum Gasteiger partial charge on any atom is 0.0575 e. The fraction of sp³-hybridized carbons (Fsp3) is 0.946. The van der Waals surface area contributed by atoms with E-state index in [-0.39, 0.29) is 0 Å². The van der Waals surface area contributed by atoms with Gasteiger partial charge in [-0.1, -0.05) is 32.9 Å². The quantitative estimate of drug-likeness (QED) is 0.0849. The summed E-state index contributed by atoms with van der Waals surface area (Å²) in [6.45, 7) is 31.5. The molecule has 6 nitrogen and oxygen atoms in total. The summed E-state index contributed by atoms with van der Waals surface area (Å²) < 4.78 is 40.0. The first-order valence-corrected chi connectivity index (χ1v) is 35.9. The van der Waals surface area contributed by atoms with Gasteiger partial charge in [-0.05, 0) is 346 Å². The van der Waals surface area contributed by atoms with Crippen LogP contribution in [-0.2, 0) is 28.4 Å². The van der Waals surface area contributed by atoms with Gasteiger partial charge in [-0.2, -0.15) is 0 Å². The van der Waals surface area contributed by atoms with Crippen LogP contribution in [0.4, 0.5) is 0 Å². The number of ether oxygens (including phenoxy) is 6. The van der Waals surface area contributed by atoms with Gasteiger partial charge in [0.05, 0.1) is 36.6 Å². The molecular weight excluding hydrogens is 985 g/mol. The Balaban J connectivity index is 1.05. The Morgan fingerprint density at radius 1 is 0.275 bits per heavy atom. The van der Waals surface area contributed by atoms with Gasteiger partial charge in [0.2, 0.25) is 0 Å². The number of hydrogen-bond acceptors (Lipinski definition) is 6. The molecule has 0 aliphatic heterocycles. The van der Waals surface area contributed by atoms with Crippen LogP contribution in [-0.4, -0.2) is 76.3 Å². The molecule has 4 atom stereocenters. The molecule has 9 fully saturated rings.